The van der Waals surface area contributed by atoms with E-state index < -0.39 is 10.0 Å². The van der Waals surface area contributed by atoms with Crippen LogP contribution in [0.3, 0.4) is 0 Å². The normalized spacial score (nSPS) is 12.4. The molecule has 0 aliphatic heterocycles. The Labute approximate surface area is 138 Å². The van der Waals surface area contributed by atoms with E-state index in [-0.39, 0.29) is 4.21 Å². The first-order chi connectivity index (χ1) is 10.4. The number of hydrogen-bond acceptors (Lipinski definition) is 5. The minimum absolute atomic E-state index is 0.168. The van der Waals surface area contributed by atoms with Crippen LogP contribution < -0.4 is 15.8 Å². The second-order valence-corrected chi connectivity index (χ2v) is 8.53. The highest BCUT2D eigenvalue weighted by atomic mass is 32.2. The highest BCUT2D eigenvalue weighted by Gasteiger charge is 2.11. The molecule has 2 heterocycles. The molecule has 0 amide bonds. The van der Waals surface area contributed by atoms with E-state index in [0.29, 0.717) is 19.0 Å². The zero-order chi connectivity index (χ0) is 16.2. The van der Waals surface area contributed by atoms with Crippen LogP contribution in [-0.2, 0) is 23.1 Å². The van der Waals surface area contributed by atoms with Gasteiger partial charge < -0.3 is 10.6 Å². The first-order valence-corrected chi connectivity index (χ1v) is 9.73. The fourth-order valence-corrected chi connectivity index (χ4v) is 4.31. The predicted molar refractivity (Wildman–Crippen MR) is 91.8 cm³/mol. The molecule has 2 aromatic heterocycles. The molecule has 0 atom stereocenters. The average molecular weight is 359 g/mol. The van der Waals surface area contributed by atoms with Crippen LogP contribution in [0.15, 0.2) is 32.8 Å². The van der Waals surface area contributed by atoms with Crippen LogP contribution in [0.4, 0.5) is 0 Å². The van der Waals surface area contributed by atoms with Gasteiger partial charge >= 0.3 is 0 Å². The monoisotopic (exact) mass is 358 g/mol. The molecule has 2 rings (SSSR count). The molecule has 0 radical (unpaired) electrons. The molecule has 9 heteroatoms. The van der Waals surface area contributed by atoms with Gasteiger partial charge in [-0.2, -0.15) is 0 Å². The average Bonchev–Trinajstić information content (AvgIpc) is 3.08. The number of aliphatic imine (C=N–C) groups is 1. The summed E-state index contributed by atoms with van der Waals surface area (Å²) < 4.78 is 22.6. The molecule has 0 fully saturated rings. The summed E-state index contributed by atoms with van der Waals surface area (Å²) in [5.41, 5.74) is 1.25. The van der Waals surface area contributed by atoms with Gasteiger partial charge in [0.05, 0.1) is 13.1 Å². The van der Waals surface area contributed by atoms with Crippen molar-refractivity contribution >= 4 is 38.7 Å². The maximum atomic E-state index is 11.2. The Bertz CT molecular complexity index is 762. The zero-order valence-electron chi connectivity index (χ0n) is 12.3. The quantitative estimate of drug-likeness (QED) is 0.559. The number of nitrogens with zero attached hydrogens (tertiary/aromatic N) is 1. The van der Waals surface area contributed by atoms with Crippen LogP contribution in [-0.4, -0.2) is 21.4 Å². The van der Waals surface area contributed by atoms with Crippen molar-refractivity contribution in [2.45, 2.75) is 24.2 Å². The van der Waals surface area contributed by atoms with Gasteiger partial charge in [0.1, 0.15) is 4.21 Å². The molecule has 0 saturated heterocycles. The van der Waals surface area contributed by atoms with Crippen LogP contribution in [0.1, 0.15) is 15.3 Å². The SMILES string of the molecule is CN=C(NCc1ccc(S(N)(=O)=O)s1)NCc1sccc1C. The molecular formula is C13H18N4O2S3. The van der Waals surface area contributed by atoms with Crippen LogP contribution in [0.5, 0.6) is 0 Å². The highest BCUT2D eigenvalue weighted by Crippen LogP contribution is 2.20. The lowest BCUT2D eigenvalue weighted by Crippen LogP contribution is -2.36. The van der Waals surface area contributed by atoms with E-state index in [0.717, 1.165) is 16.2 Å². The third-order valence-corrected chi connectivity index (χ3v) is 6.50. The molecule has 0 aliphatic carbocycles. The molecule has 0 aliphatic rings. The van der Waals surface area contributed by atoms with Crippen molar-refractivity contribution in [3.63, 3.8) is 0 Å². The fraction of sp³-hybridized carbons (Fsp3) is 0.308. The van der Waals surface area contributed by atoms with Crippen LogP contribution in [0.25, 0.3) is 0 Å². The van der Waals surface area contributed by atoms with Crippen molar-refractivity contribution in [3.05, 3.63) is 38.9 Å². The largest absolute Gasteiger partial charge is 0.352 e. The number of primary sulfonamides is 1. The summed E-state index contributed by atoms with van der Waals surface area (Å²) in [7, 11) is -1.93. The summed E-state index contributed by atoms with van der Waals surface area (Å²) in [6.07, 6.45) is 0. The first kappa shape index (κ1) is 16.9. The predicted octanol–water partition coefficient (Wildman–Crippen LogP) is 1.63. The number of nitrogens with one attached hydrogen (secondary N) is 2. The summed E-state index contributed by atoms with van der Waals surface area (Å²) in [4.78, 5) is 6.28. The van der Waals surface area contributed by atoms with E-state index in [1.807, 2.05) is 0 Å². The summed E-state index contributed by atoms with van der Waals surface area (Å²) >= 11 is 2.85. The van der Waals surface area contributed by atoms with Crippen molar-refractivity contribution in [1.82, 2.24) is 10.6 Å². The second-order valence-electron chi connectivity index (χ2n) is 4.57. The number of guanidine groups is 1. The van der Waals surface area contributed by atoms with Gasteiger partial charge in [-0.1, -0.05) is 0 Å². The second kappa shape index (κ2) is 7.23. The minimum Gasteiger partial charge on any atom is -0.352 e. The number of rotatable bonds is 5. The molecule has 0 aromatic carbocycles. The van der Waals surface area contributed by atoms with Crippen LogP contribution in [0, 0.1) is 6.92 Å². The Hall–Kier alpha value is -1.42. The molecule has 2 aromatic rings. The van der Waals surface area contributed by atoms with Crippen molar-refractivity contribution < 1.29 is 8.42 Å². The van der Waals surface area contributed by atoms with Gasteiger partial charge in [0, 0.05) is 16.8 Å². The summed E-state index contributed by atoms with van der Waals surface area (Å²) in [6.45, 7) is 3.27. The Morgan fingerprint density at radius 1 is 1.27 bits per heavy atom. The molecule has 6 nitrogen and oxygen atoms in total. The highest BCUT2D eigenvalue weighted by molar-refractivity contribution is 7.91. The van der Waals surface area contributed by atoms with Gasteiger partial charge in [0.15, 0.2) is 5.96 Å². The van der Waals surface area contributed by atoms with Crippen LogP contribution in [0.2, 0.25) is 0 Å². The number of aryl methyl sites for hydroxylation is 1. The van der Waals surface area contributed by atoms with Crippen molar-refractivity contribution in [1.29, 1.82) is 0 Å². The lowest BCUT2D eigenvalue weighted by Gasteiger charge is -2.10. The van der Waals surface area contributed by atoms with E-state index in [9.17, 15) is 8.42 Å². The van der Waals surface area contributed by atoms with E-state index in [1.165, 1.54) is 16.5 Å². The third-order valence-electron chi connectivity index (χ3n) is 2.96. The lowest BCUT2D eigenvalue weighted by molar-refractivity contribution is 0.600. The number of thiophene rings is 2. The van der Waals surface area contributed by atoms with Gasteiger partial charge in [-0.25, -0.2) is 13.6 Å². The summed E-state index contributed by atoms with van der Waals surface area (Å²) in [5.74, 6) is 0.665. The number of sulfonamides is 1. The fourth-order valence-electron chi connectivity index (χ4n) is 1.75. The molecule has 0 bridgehead atoms. The Balaban J connectivity index is 1.89. The minimum atomic E-state index is -3.62. The van der Waals surface area contributed by atoms with Gasteiger partial charge in [0.25, 0.3) is 0 Å². The maximum absolute atomic E-state index is 11.2. The van der Waals surface area contributed by atoms with Gasteiger partial charge in [-0.15, -0.1) is 22.7 Å². The molecule has 0 saturated carbocycles. The Morgan fingerprint density at radius 2 is 2.00 bits per heavy atom. The molecular weight excluding hydrogens is 340 g/mol. The van der Waals surface area contributed by atoms with E-state index >= 15 is 0 Å². The van der Waals surface area contributed by atoms with E-state index in [4.69, 9.17) is 5.14 Å². The Morgan fingerprint density at radius 3 is 2.55 bits per heavy atom. The van der Waals surface area contributed by atoms with Crippen LogP contribution >= 0.6 is 22.7 Å². The standard InChI is InChI=1S/C13H18N4O2S3/c1-9-5-6-20-11(9)8-17-13(15-2)16-7-10-3-4-12(21-10)22(14,18)19/h3-6H,7-8H2,1-2H3,(H2,14,18,19)(H2,15,16,17). The van der Waals surface area contributed by atoms with Crippen molar-refractivity contribution in [2.24, 2.45) is 10.1 Å². The lowest BCUT2D eigenvalue weighted by atomic mass is 10.3. The first-order valence-electron chi connectivity index (χ1n) is 6.49. The number of nitrogens with two attached hydrogens (primary N) is 1. The van der Waals surface area contributed by atoms with Gasteiger partial charge in [0.2, 0.25) is 10.0 Å². The maximum Gasteiger partial charge on any atom is 0.247 e. The van der Waals surface area contributed by atoms with E-state index in [2.05, 4.69) is 34.0 Å². The third kappa shape index (κ3) is 4.54. The Kier molecular flexibility index (Phi) is 5.57. The summed E-state index contributed by atoms with van der Waals surface area (Å²) in [6, 6.07) is 5.34. The van der Waals surface area contributed by atoms with Gasteiger partial charge in [-0.3, -0.25) is 4.99 Å². The molecule has 22 heavy (non-hydrogen) atoms. The van der Waals surface area contributed by atoms with Gasteiger partial charge in [-0.05, 0) is 36.1 Å². The molecule has 0 spiro atoms. The van der Waals surface area contributed by atoms with Crippen molar-refractivity contribution in [2.75, 3.05) is 7.05 Å². The molecule has 4 N–H and O–H groups in total. The molecule has 0 unspecified atom stereocenters. The molecule has 120 valence electrons. The number of hydrogen-bond donors (Lipinski definition) is 3. The summed E-state index contributed by atoms with van der Waals surface area (Å²) in [5, 5.41) is 13.5. The smallest absolute Gasteiger partial charge is 0.247 e. The van der Waals surface area contributed by atoms with E-state index in [1.54, 1.807) is 24.5 Å². The van der Waals surface area contributed by atoms with Crippen molar-refractivity contribution in [3.8, 4) is 0 Å². The zero-order valence-corrected chi connectivity index (χ0v) is 14.7. The topological polar surface area (TPSA) is 96.6 Å².